The monoisotopic (exact) mass is 417 g/mol. The molecule has 4 aromatic heterocycles. The Kier molecular flexibility index (Phi) is 3.79. The highest BCUT2D eigenvalue weighted by Crippen LogP contribution is 2.32. The number of nitrogens with zero attached hydrogens (tertiary/aromatic N) is 6. The maximum atomic E-state index is 4.49. The molecule has 0 atom stereocenters. The van der Waals surface area contributed by atoms with Gasteiger partial charge in [-0.25, -0.2) is 14.5 Å². The van der Waals surface area contributed by atoms with Crippen molar-refractivity contribution in [1.29, 1.82) is 0 Å². The number of likely N-dealkylation sites (tertiary alicyclic amines) is 1. The molecule has 1 aliphatic heterocycles. The molecule has 0 aliphatic carbocycles. The minimum atomic E-state index is 0.447. The molecule has 1 N–H and O–H groups in total. The number of H-pyrrole nitrogens is 1. The fraction of sp³-hybridized carbons (Fsp3) is 0.375. The molecular formula is C16H16BrN7S. The average Bonchev–Trinajstić information content (AvgIpc) is 3.34. The predicted octanol–water partition coefficient (Wildman–Crippen LogP) is 3.20. The third-order valence-corrected chi connectivity index (χ3v) is 6.34. The summed E-state index contributed by atoms with van der Waals surface area (Å²) >= 11 is 5.15. The van der Waals surface area contributed by atoms with Gasteiger partial charge in [-0.3, -0.25) is 4.90 Å². The Morgan fingerprint density at radius 3 is 2.96 bits per heavy atom. The lowest BCUT2D eigenvalue weighted by atomic mass is 9.92. The van der Waals surface area contributed by atoms with E-state index in [1.165, 1.54) is 4.88 Å². The molecule has 25 heavy (non-hydrogen) atoms. The number of halogens is 1. The van der Waals surface area contributed by atoms with E-state index in [0.29, 0.717) is 5.92 Å². The van der Waals surface area contributed by atoms with Crippen LogP contribution in [0.5, 0.6) is 0 Å². The van der Waals surface area contributed by atoms with Crippen molar-refractivity contribution in [1.82, 2.24) is 34.7 Å². The molecule has 0 aromatic carbocycles. The van der Waals surface area contributed by atoms with E-state index >= 15 is 0 Å². The second-order valence-electron chi connectivity index (χ2n) is 6.38. The first-order valence-corrected chi connectivity index (χ1v) is 9.88. The van der Waals surface area contributed by atoms with Crippen LogP contribution in [0.1, 0.15) is 29.3 Å². The molecule has 0 bridgehead atoms. The summed E-state index contributed by atoms with van der Waals surface area (Å²) in [6.45, 7) is 3.12. The maximum Gasteiger partial charge on any atom is 0.159 e. The minimum absolute atomic E-state index is 0.447. The molecule has 1 fully saturated rings. The summed E-state index contributed by atoms with van der Waals surface area (Å²) in [6.07, 6.45) is 7.82. The molecule has 0 saturated carbocycles. The van der Waals surface area contributed by atoms with Crippen LogP contribution in [-0.2, 0) is 6.54 Å². The van der Waals surface area contributed by atoms with Gasteiger partial charge in [-0.2, -0.15) is 0 Å². The number of rotatable bonds is 3. The van der Waals surface area contributed by atoms with Gasteiger partial charge in [0.15, 0.2) is 3.92 Å². The van der Waals surface area contributed by atoms with E-state index in [9.17, 15) is 0 Å². The Hall–Kier alpha value is -1.84. The Morgan fingerprint density at radius 2 is 2.16 bits per heavy atom. The van der Waals surface area contributed by atoms with Crippen LogP contribution in [0.2, 0.25) is 0 Å². The van der Waals surface area contributed by atoms with Crippen molar-refractivity contribution in [2.24, 2.45) is 0 Å². The number of thiazole rings is 1. The van der Waals surface area contributed by atoms with Crippen LogP contribution in [-0.4, -0.2) is 47.8 Å². The summed E-state index contributed by atoms with van der Waals surface area (Å²) < 4.78 is 2.75. The number of hydrogen-bond donors (Lipinski definition) is 1. The Labute approximate surface area is 156 Å². The molecule has 0 amide bonds. The topological polar surface area (TPSA) is 75.0 Å². The summed E-state index contributed by atoms with van der Waals surface area (Å²) in [5, 5.41) is 9.86. The van der Waals surface area contributed by atoms with E-state index < -0.39 is 0 Å². The molecule has 128 valence electrons. The normalized spacial score (nSPS) is 17.0. The number of fused-ring (bicyclic) bond motifs is 3. The molecule has 5 rings (SSSR count). The Morgan fingerprint density at radius 1 is 1.28 bits per heavy atom. The summed E-state index contributed by atoms with van der Waals surface area (Å²) in [4.78, 5) is 15.6. The highest BCUT2D eigenvalue weighted by Gasteiger charge is 2.26. The van der Waals surface area contributed by atoms with Crippen LogP contribution < -0.4 is 0 Å². The van der Waals surface area contributed by atoms with E-state index in [4.69, 9.17) is 0 Å². The lowest BCUT2D eigenvalue weighted by Gasteiger charge is -2.30. The zero-order valence-corrected chi connectivity index (χ0v) is 15.8. The van der Waals surface area contributed by atoms with E-state index in [1.807, 2.05) is 12.4 Å². The third kappa shape index (κ3) is 2.76. The number of hydrogen-bond acceptors (Lipinski definition) is 6. The molecule has 0 radical (unpaired) electrons. The molecule has 7 nitrogen and oxygen atoms in total. The van der Waals surface area contributed by atoms with Gasteiger partial charge in [0.25, 0.3) is 0 Å². The zero-order chi connectivity index (χ0) is 16.8. The molecule has 4 aromatic rings. The van der Waals surface area contributed by atoms with Crippen molar-refractivity contribution in [3.05, 3.63) is 39.3 Å². The molecule has 1 aliphatic rings. The number of aromatic nitrogens is 6. The summed E-state index contributed by atoms with van der Waals surface area (Å²) in [5.41, 5.74) is 3.09. The summed E-state index contributed by atoms with van der Waals surface area (Å²) in [5.74, 6) is 0.447. The number of aromatic amines is 1. The Balaban J connectivity index is 1.37. The SMILES string of the molecule is Brc1ncc(CN2CCC(c3nnn4cnc5[nH]ccc5c34)CC2)s1. The number of nitrogens with one attached hydrogen (secondary N) is 1. The van der Waals surface area contributed by atoms with Crippen LogP contribution in [0.25, 0.3) is 16.6 Å². The third-order valence-electron chi connectivity index (χ3n) is 4.88. The van der Waals surface area contributed by atoms with Gasteiger partial charge >= 0.3 is 0 Å². The largest absolute Gasteiger partial charge is 0.346 e. The van der Waals surface area contributed by atoms with E-state index in [-0.39, 0.29) is 0 Å². The van der Waals surface area contributed by atoms with Crippen LogP contribution in [0.3, 0.4) is 0 Å². The van der Waals surface area contributed by atoms with Crippen LogP contribution in [0.15, 0.2) is 28.7 Å². The number of piperidine rings is 1. The first kappa shape index (κ1) is 15.4. The standard InChI is InChI=1S/C16H16BrN7S/c17-16-19-7-11(25-16)8-23-5-2-10(3-6-23)13-14-12-1-4-18-15(12)20-9-24(14)22-21-13/h1,4,7,9-10,18H,2-3,5-6,8H2. The lowest BCUT2D eigenvalue weighted by Crippen LogP contribution is -2.32. The quantitative estimate of drug-likeness (QED) is 0.553. The highest BCUT2D eigenvalue weighted by molar-refractivity contribution is 9.11. The van der Waals surface area contributed by atoms with Gasteiger partial charge in [0.2, 0.25) is 0 Å². The van der Waals surface area contributed by atoms with E-state index in [0.717, 1.165) is 58.6 Å². The van der Waals surface area contributed by atoms with Crippen molar-refractivity contribution < 1.29 is 0 Å². The zero-order valence-electron chi connectivity index (χ0n) is 13.4. The van der Waals surface area contributed by atoms with Gasteiger partial charge in [-0.15, -0.1) is 16.4 Å². The smallest absolute Gasteiger partial charge is 0.159 e. The second kappa shape index (κ2) is 6.15. The minimum Gasteiger partial charge on any atom is -0.346 e. The molecule has 0 spiro atoms. The average molecular weight is 418 g/mol. The fourth-order valence-corrected chi connectivity index (χ4v) is 5.04. The van der Waals surface area contributed by atoms with Crippen molar-refractivity contribution in [2.75, 3.05) is 13.1 Å². The van der Waals surface area contributed by atoms with Crippen LogP contribution in [0.4, 0.5) is 0 Å². The first-order chi connectivity index (χ1) is 12.3. The highest BCUT2D eigenvalue weighted by atomic mass is 79.9. The van der Waals surface area contributed by atoms with E-state index in [2.05, 4.69) is 52.2 Å². The van der Waals surface area contributed by atoms with Crippen molar-refractivity contribution in [3.8, 4) is 0 Å². The Bertz CT molecular complexity index is 1030. The van der Waals surface area contributed by atoms with Crippen LogP contribution in [0, 0.1) is 0 Å². The van der Waals surface area contributed by atoms with Gasteiger partial charge in [0, 0.05) is 35.1 Å². The summed E-state index contributed by atoms with van der Waals surface area (Å²) in [6, 6.07) is 2.06. The molecule has 1 saturated heterocycles. The van der Waals surface area contributed by atoms with Gasteiger partial charge in [-0.1, -0.05) is 5.21 Å². The first-order valence-electron chi connectivity index (χ1n) is 8.27. The van der Waals surface area contributed by atoms with Gasteiger partial charge in [0.05, 0.1) is 5.69 Å². The molecular weight excluding hydrogens is 402 g/mol. The van der Waals surface area contributed by atoms with Crippen molar-refractivity contribution in [2.45, 2.75) is 25.3 Å². The van der Waals surface area contributed by atoms with E-state index in [1.54, 1.807) is 22.2 Å². The predicted molar refractivity (Wildman–Crippen MR) is 99.7 cm³/mol. The molecule has 5 heterocycles. The van der Waals surface area contributed by atoms with Gasteiger partial charge < -0.3 is 4.98 Å². The van der Waals surface area contributed by atoms with Gasteiger partial charge in [0.1, 0.15) is 17.5 Å². The second-order valence-corrected chi connectivity index (χ2v) is 8.77. The molecule has 9 heteroatoms. The maximum absolute atomic E-state index is 4.49. The lowest BCUT2D eigenvalue weighted by molar-refractivity contribution is 0.205. The van der Waals surface area contributed by atoms with Crippen LogP contribution >= 0.6 is 27.3 Å². The van der Waals surface area contributed by atoms with Crippen molar-refractivity contribution >= 4 is 43.8 Å². The van der Waals surface area contributed by atoms with Gasteiger partial charge in [-0.05, 0) is 47.9 Å². The summed E-state index contributed by atoms with van der Waals surface area (Å²) in [7, 11) is 0. The molecule has 0 unspecified atom stereocenters. The fourth-order valence-electron chi connectivity index (χ4n) is 3.64. The van der Waals surface area contributed by atoms with Crippen molar-refractivity contribution in [3.63, 3.8) is 0 Å².